The van der Waals surface area contributed by atoms with Gasteiger partial charge in [-0.1, -0.05) is 35.5 Å². The van der Waals surface area contributed by atoms with Crippen molar-refractivity contribution < 1.29 is 13.7 Å². The quantitative estimate of drug-likeness (QED) is 0.423. The molecule has 0 atom stereocenters. The van der Waals surface area contributed by atoms with Crippen molar-refractivity contribution in [3.05, 3.63) is 71.4 Å². The molecule has 27 heavy (non-hydrogen) atoms. The molecule has 2 heterocycles. The third kappa shape index (κ3) is 4.18. The zero-order valence-electron chi connectivity index (χ0n) is 14.7. The van der Waals surface area contributed by atoms with Crippen molar-refractivity contribution in [3.63, 3.8) is 0 Å². The zero-order chi connectivity index (χ0) is 18.5. The fourth-order valence-electron chi connectivity index (χ4n) is 2.85. The van der Waals surface area contributed by atoms with E-state index in [1.165, 1.54) is 6.07 Å². The van der Waals surface area contributed by atoms with Gasteiger partial charge in [-0.3, -0.25) is 0 Å². The van der Waals surface area contributed by atoms with E-state index < -0.39 is 0 Å². The molecule has 0 aliphatic carbocycles. The standard InChI is InChI=1S/C21H19FN2O2S/c22-18-8-2-1-5-16(18)14-23-10-4-11-25-17-7-3-6-15(13-17)20-21-19(26-24-20)9-12-27-21/h1-3,5-9,12-13,23H,4,10-11,14H2. The Balaban J connectivity index is 1.27. The Morgan fingerprint density at radius 3 is 2.96 bits per heavy atom. The first kappa shape index (κ1) is 17.7. The van der Waals surface area contributed by atoms with Crippen molar-refractivity contribution >= 4 is 21.6 Å². The van der Waals surface area contributed by atoms with Gasteiger partial charge in [-0.15, -0.1) is 11.3 Å². The molecule has 4 aromatic rings. The molecule has 0 saturated heterocycles. The molecular formula is C21H19FN2O2S. The fraction of sp³-hybridized carbons (Fsp3) is 0.190. The number of ether oxygens (including phenoxy) is 1. The summed E-state index contributed by atoms with van der Waals surface area (Å²) in [5.74, 6) is 0.625. The van der Waals surface area contributed by atoms with Crippen LogP contribution < -0.4 is 10.1 Å². The van der Waals surface area contributed by atoms with E-state index in [0.717, 1.165) is 40.3 Å². The van der Waals surface area contributed by atoms with Gasteiger partial charge in [-0.2, -0.15) is 0 Å². The normalized spacial score (nSPS) is 11.1. The van der Waals surface area contributed by atoms with Crippen LogP contribution in [-0.2, 0) is 6.54 Å². The summed E-state index contributed by atoms with van der Waals surface area (Å²) in [7, 11) is 0. The van der Waals surface area contributed by atoms with Gasteiger partial charge in [0, 0.05) is 17.7 Å². The number of benzene rings is 2. The minimum Gasteiger partial charge on any atom is -0.494 e. The van der Waals surface area contributed by atoms with Crippen LogP contribution in [0.4, 0.5) is 4.39 Å². The Kier molecular flexibility index (Phi) is 5.46. The van der Waals surface area contributed by atoms with Gasteiger partial charge in [0.1, 0.15) is 22.0 Å². The number of halogens is 1. The summed E-state index contributed by atoms with van der Waals surface area (Å²) in [4.78, 5) is 0. The van der Waals surface area contributed by atoms with E-state index in [9.17, 15) is 4.39 Å². The van der Waals surface area contributed by atoms with Gasteiger partial charge in [-0.05, 0) is 42.6 Å². The summed E-state index contributed by atoms with van der Waals surface area (Å²) in [5, 5.41) is 9.40. The van der Waals surface area contributed by atoms with Gasteiger partial charge in [0.15, 0.2) is 5.58 Å². The molecule has 0 amide bonds. The lowest BCUT2D eigenvalue weighted by molar-refractivity contribution is 0.308. The maximum Gasteiger partial charge on any atom is 0.178 e. The van der Waals surface area contributed by atoms with Crippen LogP contribution in [0.15, 0.2) is 64.5 Å². The van der Waals surface area contributed by atoms with E-state index in [1.807, 2.05) is 41.8 Å². The van der Waals surface area contributed by atoms with Crippen molar-refractivity contribution in [2.24, 2.45) is 0 Å². The van der Waals surface area contributed by atoms with Crippen molar-refractivity contribution in [2.75, 3.05) is 13.2 Å². The van der Waals surface area contributed by atoms with Crippen molar-refractivity contribution in [1.82, 2.24) is 10.5 Å². The van der Waals surface area contributed by atoms with E-state index in [-0.39, 0.29) is 5.82 Å². The summed E-state index contributed by atoms with van der Waals surface area (Å²) in [5.41, 5.74) is 3.31. The Bertz CT molecular complexity index is 1030. The van der Waals surface area contributed by atoms with Crippen LogP contribution in [-0.4, -0.2) is 18.3 Å². The highest BCUT2D eigenvalue weighted by atomic mass is 32.1. The second kappa shape index (κ2) is 8.33. The van der Waals surface area contributed by atoms with Gasteiger partial charge in [0.2, 0.25) is 0 Å². The van der Waals surface area contributed by atoms with Crippen molar-refractivity contribution in [3.8, 4) is 17.0 Å². The molecule has 0 unspecified atom stereocenters. The highest BCUT2D eigenvalue weighted by Crippen LogP contribution is 2.33. The topological polar surface area (TPSA) is 47.3 Å². The van der Waals surface area contributed by atoms with E-state index >= 15 is 0 Å². The summed E-state index contributed by atoms with van der Waals surface area (Å²) in [6, 6.07) is 16.6. The van der Waals surface area contributed by atoms with Gasteiger partial charge in [0.25, 0.3) is 0 Å². The third-order valence-corrected chi connectivity index (χ3v) is 5.13. The van der Waals surface area contributed by atoms with Crippen LogP contribution in [0.3, 0.4) is 0 Å². The van der Waals surface area contributed by atoms with E-state index in [2.05, 4.69) is 10.5 Å². The predicted molar refractivity (Wildman–Crippen MR) is 106 cm³/mol. The lowest BCUT2D eigenvalue weighted by Crippen LogP contribution is -2.17. The number of nitrogens with zero attached hydrogens (tertiary/aromatic N) is 1. The fourth-order valence-corrected chi connectivity index (χ4v) is 3.66. The minimum absolute atomic E-state index is 0.175. The monoisotopic (exact) mass is 382 g/mol. The van der Waals surface area contributed by atoms with Gasteiger partial charge in [-0.25, -0.2) is 4.39 Å². The predicted octanol–water partition coefficient (Wildman–Crippen LogP) is 5.25. The Hall–Kier alpha value is -2.70. The molecule has 0 spiro atoms. The van der Waals surface area contributed by atoms with Crippen LogP contribution in [0.5, 0.6) is 5.75 Å². The second-order valence-corrected chi connectivity index (χ2v) is 7.06. The number of fused-ring (bicyclic) bond motifs is 1. The first-order valence-corrected chi connectivity index (χ1v) is 9.69. The van der Waals surface area contributed by atoms with E-state index in [0.29, 0.717) is 18.7 Å². The summed E-state index contributed by atoms with van der Waals surface area (Å²) in [6.45, 7) is 1.86. The average Bonchev–Trinajstić information content (AvgIpc) is 3.30. The first-order valence-electron chi connectivity index (χ1n) is 8.81. The van der Waals surface area contributed by atoms with Gasteiger partial charge >= 0.3 is 0 Å². The molecule has 0 saturated carbocycles. The Labute approximate surface area is 160 Å². The van der Waals surface area contributed by atoms with Crippen LogP contribution >= 0.6 is 11.3 Å². The summed E-state index contributed by atoms with van der Waals surface area (Å²) >= 11 is 1.62. The zero-order valence-corrected chi connectivity index (χ0v) is 15.5. The molecule has 0 aliphatic heterocycles. The molecule has 0 aliphatic rings. The molecule has 1 N–H and O–H groups in total. The van der Waals surface area contributed by atoms with Crippen LogP contribution in [0.25, 0.3) is 21.5 Å². The van der Waals surface area contributed by atoms with Gasteiger partial charge < -0.3 is 14.6 Å². The smallest absolute Gasteiger partial charge is 0.178 e. The van der Waals surface area contributed by atoms with Crippen LogP contribution in [0.2, 0.25) is 0 Å². The molecule has 6 heteroatoms. The maximum atomic E-state index is 13.5. The molecule has 4 rings (SSSR count). The minimum atomic E-state index is -0.175. The summed E-state index contributed by atoms with van der Waals surface area (Å²) < 4.78 is 25.8. The number of aromatic nitrogens is 1. The number of hydrogen-bond acceptors (Lipinski definition) is 5. The number of hydrogen-bond donors (Lipinski definition) is 1. The highest BCUT2D eigenvalue weighted by molar-refractivity contribution is 7.17. The lowest BCUT2D eigenvalue weighted by Gasteiger charge is -2.08. The van der Waals surface area contributed by atoms with Crippen molar-refractivity contribution in [1.29, 1.82) is 0 Å². The number of nitrogens with one attached hydrogen (secondary N) is 1. The van der Waals surface area contributed by atoms with Crippen LogP contribution in [0.1, 0.15) is 12.0 Å². The molecule has 0 fully saturated rings. The molecule has 2 aromatic carbocycles. The lowest BCUT2D eigenvalue weighted by atomic mass is 10.1. The first-order chi connectivity index (χ1) is 13.3. The number of thiophene rings is 1. The molecule has 2 aromatic heterocycles. The molecule has 0 radical (unpaired) electrons. The largest absolute Gasteiger partial charge is 0.494 e. The van der Waals surface area contributed by atoms with E-state index in [4.69, 9.17) is 9.26 Å². The molecule has 4 nitrogen and oxygen atoms in total. The van der Waals surface area contributed by atoms with E-state index in [1.54, 1.807) is 23.5 Å². The Morgan fingerprint density at radius 1 is 1.11 bits per heavy atom. The molecule has 138 valence electrons. The van der Waals surface area contributed by atoms with Gasteiger partial charge in [0.05, 0.1) is 6.61 Å². The third-order valence-electron chi connectivity index (χ3n) is 4.23. The highest BCUT2D eigenvalue weighted by Gasteiger charge is 2.12. The number of rotatable bonds is 8. The molecule has 0 bridgehead atoms. The Morgan fingerprint density at radius 2 is 2.04 bits per heavy atom. The summed E-state index contributed by atoms with van der Waals surface area (Å²) in [6.07, 6.45) is 0.831. The molecular weight excluding hydrogens is 363 g/mol. The SMILES string of the molecule is Fc1ccccc1CNCCCOc1cccc(-c2noc3ccsc23)c1. The van der Waals surface area contributed by atoms with Crippen LogP contribution in [0, 0.1) is 5.82 Å². The van der Waals surface area contributed by atoms with Crippen molar-refractivity contribution in [2.45, 2.75) is 13.0 Å². The maximum absolute atomic E-state index is 13.5. The average molecular weight is 382 g/mol. The second-order valence-electron chi connectivity index (χ2n) is 6.14.